The van der Waals surface area contributed by atoms with Crippen molar-refractivity contribution in [1.29, 1.82) is 0 Å². The first-order valence-corrected chi connectivity index (χ1v) is 3.32. The standard InChI is InChI=1S/C6H5ClN2O3/c7-4-1-3(9(11)12)2-5(8)6(4)10/h1-2,10H,8H2. The number of phenolic OH excluding ortho intramolecular Hbond substituents is 1. The Labute approximate surface area is 72.5 Å². The Kier molecular flexibility index (Phi) is 2.05. The number of non-ortho nitro benzene ring substituents is 1. The largest absolute Gasteiger partial charge is 0.504 e. The number of nitro groups is 1. The molecule has 0 aromatic heterocycles. The quantitative estimate of drug-likeness (QED) is 0.303. The van der Waals surface area contributed by atoms with Gasteiger partial charge in [-0.2, -0.15) is 0 Å². The van der Waals surface area contributed by atoms with Crippen LogP contribution < -0.4 is 5.73 Å². The highest BCUT2D eigenvalue weighted by Crippen LogP contribution is 2.33. The van der Waals surface area contributed by atoms with E-state index in [2.05, 4.69) is 0 Å². The highest BCUT2D eigenvalue weighted by Gasteiger charge is 2.12. The van der Waals surface area contributed by atoms with Crippen LogP contribution >= 0.6 is 11.6 Å². The maximum absolute atomic E-state index is 10.2. The van der Waals surface area contributed by atoms with Crippen LogP contribution in [0.3, 0.4) is 0 Å². The molecule has 0 unspecified atom stereocenters. The van der Waals surface area contributed by atoms with Crippen LogP contribution in [0, 0.1) is 10.1 Å². The van der Waals surface area contributed by atoms with Crippen molar-refractivity contribution in [2.24, 2.45) is 0 Å². The fraction of sp³-hybridized carbons (Fsp3) is 0. The third-order valence-electron chi connectivity index (χ3n) is 1.29. The normalized spacial score (nSPS) is 9.75. The zero-order valence-electron chi connectivity index (χ0n) is 5.82. The summed E-state index contributed by atoms with van der Waals surface area (Å²) in [6.45, 7) is 0. The maximum atomic E-state index is 10.2. The summed E-state index contributed by atoms with van der Waals surface area (Å²) >= 11 is 5.43. The Bertz CT molecular complexity index is 317. The molecule has 1 aromatic rings. The molecule has 12 heavy (non-hydrogen) atoms. The monoisotopic (exact) mass is 188 g/mol. The zero-order valence-corrected chi connectivity index (χ0v) is 6.58. The molecule has 0 heterocycles. The minimum atomic E-state index is -0.637. The van der Waals surface area contributed by atoms with E-state index in [-0.39, 0.29) is 22.1 Å². The van der Waals surface area contributed by atoms with Gasteiger partial charge in [-0.25, -0.2) is 0 Å². The SMILES string of the molecule is Nc1cc([N+](=O)[O-])cc(Cl)c1O. The summed E-state index contributed by atoms with van der Waals surface area (Å²) in [6.07, 6.45) is 0. The van der Waals surface area contributed by atoms with E-state index in [1.165, 1.54) is 0 Å². The summed E-state index contributed by atoms with van der Waals surface area (Å²) in [5.74, 6) is -0.331. The first kappa shape index (κ1) is 8.61. The van der Waals surface area contributed by atoms with Gasteiger partial charge in [0.1, 0.15) is 0 Å². The molecular formula is C6H5ClN2O3. The van der Waals surface area contributed by atoms with Gasteiger partial charge in [-0.3, -0.25) is 10.1 Å². The predicted octanol–water partition coefficient (Wildman–Crippen LogP) is 1.54. The third kappa shape index (κ3) is 1.40. The number of nitrogens with zero attached hydrogens (tertiary/aromatic N) is 1. The number of rotatable bonds is 1. The number of phenols is 1. The van der Waals surface area contributed by atoms with Crippen molar-refractivity contribution in [2.75, 3.05) is 5.73 Å². The minimum Gasteiger partial charge on any atom is -0.504 e. The summed E-state index contributed by atoms with van der Waals surface area (Å²) in [4.78, 5) is 9.59. The van der Waals surface area contributed by atoms with Gasteiger partial charge >= 0.3 is 0 Å². The van der Waals surface area contributed by atoms with E-state index in [1.807, 2.05) is 0 Å². The molecular weight excluding hydrogens is 184 g/mol. The van der Waals surface area contributed by atoms with Crippen molar-refractivity contribution in [3.63, 3.8) is 0 Å². The van der Waals surface area contributed by atoms with Gasteiger partial charge in [-0.05, 0) is 0 Å². The van der Waals surface area contributed by atoms with Gasteiger partial charge in [0, 0.05) is 12.1 Å². The van der Waals surface area contributed by atoms with E-state index in [0.717, 1.165) is 12.1 Å². The van der Waals surface area contributed by atoms with Gasteiger partial charge in [0.2, 0.25) is 0 Å². The topological polar surface area (TPSA) is 89.4 Å². The lowest BCUT2D eigenvalue weighted by molar-refractivity contribution is -0.384. The van der Waals surface area contributed by atoms with Crippen LogP contribution in [-0.2, 0) is 0 Å². The second kappa shape index (κ2) is 2.86. The van der Waals surface area contributed by atoms with Gasteiger partial charge < -0.3 is 10.8 Å². The molecule has 6 heteroatoms. The van der Waals surface area contributed by atoms with Crippen LogP contribution in [0.15, 0.2) is 12.1 Å². The first-order valence-electron chi connectivity index (χ1n) is 2.94. The van der Waals surface area contributed by atoms with E-state index < -0.39 is 4.92 Å². The van der Waals surface area contributed by atoms with Crippen molar-refractivity contribution < 1.29 is 10.0 Å². The van der Waals surface area contributed by atoms with Gasteiger partial charge in [0.05, 0.1) is 15.6 Å². The zero-order chi connectivity index (χ0) is 9.30. The van der Waals surface area contributed by atoms with Gasteiger partial charge in [0.25, 0.3) is 5.69 Å². The molecule has 0 saturated carbocycles. The van der Waals surface area contributed by atoms with Crippen LogP contribution in [0.1, 0.15) is 0 Å². The molecule has 0 radical (unpaired) electrons. The van der Waals surface area contributed by atoms with E-state index in [9.17, 15) is 10.1 Å². The molecule has 0 aliphatic carbocycles. The second-order valence-electron chi connectivity index (χ2n) is 2.12. The van der Waals surface area contributed by atoms with Crippen molar-refractivity contribution in [3.05, 3.63) is 27.3 Å². The smallest absolute Gasteiger partial charge is 0.273 e. The van der Waals surface area contributed by atoms with Crippen LogP contribution in [-0.4, -0.2) is 10.0 Å². The van der Waals surface area contributed by atoms with Gasteiger partial charge in [-0.1, -0.05) is 11.6 Å². The number of nitrogens with two attached hydrogens (primary N) is 1. The number of anilines is 1. The molecule has 1 aromatic carbocycles. The molecule has 0 atom stereocenters. The summed E-state index contributed by atoms with van der Waals surface area (Å²) in [5, 5.41) is 19.1. The number of nitrogen functional groups attached to an aromatic ring is 1. The lowest BCUT2D eigenvalue weighted by Gasteiger charge is -1.99. The van der Waals surface area contributed by atoms with Crippen molar-refractivity contribution in [3.8, 4) is 5.75 Å². The highest BCUT2D eigenvalue weighted by atomic mass is 35.5. The summed E-state index contributed by atoms with van der Waals surface area (Å²) in [7, 11) is 0. The molecule has 0 bridgehead atoms. The number of aromatic hydroxyl groups is 1. The first-order chi connectivity index (χ1) is 5.52. The molecule has 0 amide bonds. The Hall–Kier alpha value is -1.49. The Morgan fingerprint density at radius 1 is 1.58 bits per heavy atom. The molecule has 64 valence electrons. The van der Waals surface area contributed by atoms with Gasteiger partial charge in [0.15, 0.2) is 5.75 Å². The molecule has 0 spiro atoms. The fourth-order valence-corrected chi connectivity index (χ4v) is 0.932. The maximum Gasteiger partial charge on any atom is 0.273 e. The van der Waals surface area contributed by atoms with Crippen molar-refractivity contribution in [1.82, 2.24) is 0 Å². The number of hydrogen-bond acceptors (Lipinski definition) is 4. The molecule has 0 saturated heterocycles. The average Bonchev–Trinajstić information content (AvgIpc) is 1.99. The molecule has 5 nitrogen and oxygen atoms in total. The summed E-state index contributed by atoms with van der Waals surface area (Å²) in [6, 6.07) is 2.08. The number of halogens is 1. The van der Waals surface area contributed by atoms with Crippen LogP contribution in [0.4, 0.5) is 11.4 Å². The van der Waals surface area contributed by atoms with Gasteiger partial charge in [-0.15, -0.1) is 0 Å². The number of hydrogen-bond donors (Lipinski definition) is 2. The molecule has 0 fully saturated rings. The average molecular weight is 189 g/mol. The van der Waals surface area contributed by atoms with Crippen LogP contribution in [0.2, 0.25) is 5.02 Å². The lowest BCUT2D eigenvalue weighted by Crippen LogP contribution is -1.92. The van der Waals surface area contributed by atoms with Crippen molar-refractivity contribution in [2.45, 2.75) is 0 Å². The lowest BCUT2D eigenvalue weighted by atomic mass is 10.2. The second-order valence-corrected chi connectivity index (χ2v) is 2.53. The Morgan fingerprint density at radius 2 is 2.17 bits per heavy atom. The predicted molar refractivity (Wildman–Crippen MR) is 44.2 cm³/mol. The highest BCUT2D eigenvalue weighted by molar-refractivity contribution is 6.32. The third-order valence-corrected chi connectivity index (χ3v) is 1.58. The Balaban J connectivity index is 3.31. The van der Waals surface area contributed by atoms with Crippen LogP contribution in [0.25, 0.3) is 0 Å². The summed E-state index contributed by atoms with van der Waals surface area (Å²) in [5.41, 5.74) is 4.88. The van der Waals surface area contributed by atoms with Crippen molar-refractivity contribution >= 4 is 23.0 Å². The van der Waals surface area contributed by atoms with Crippen LogP contribution in [0.5, 0.6) is 5.75 Å². The van der Waals surface area contributed by atoms with E-state index in [4.69, 9.17) is 22.4 Å². The molecule has 0 aliphatic heterocycles. The fourth-order valence-electron chi connectivity index (χ4n) is 0.711. The number of benzene rings is 1. The molecule has 1 rings (SSSR count). The molecule has 0 aliphatic rings. The van der Waals surface area contributed by atoms with E-state index in [0.29, 0.717) is 0 Å². The number of nitro benzene ring substituents is 1. The minimum absolute atomic E-state index is 0.103. The van der Waals surface area contributed by atoms with E-state index in [1.54, 1.807) is 0 Å². The summed E-state index contributed by atoms with van der Waals surface area (Å²) < 4.78 is 0. The molecule has 3 N–H and O–H groups in total. The Morgan fingerprint density at radius 3 is 2.58 bits per heavy atom. The van der Waals surface area contributed by atoms with E-state index >= 15 is 0 Å².